The molecule has 2 heterocycles. The zero-order chi connectivity index (χ0) is 16.5. The van der Waals surface area contributed by atoms with E-state index in [-0.39, 0.29) is 0 Å². The molecule has 5 atom stereocenters. The van der Waals surface area contributed by atoms with E-state index in [1.54, 1.807) is 0 Å². The average Bonchev–Trinajstić information content (AvgIpc) is 2.76. The number of nitrogens with one attached hydrogen (secondary N) is 1. The number of rotatable bonds is 5. The molecular formula is C10H15N2O9P. The van der Waals surface area contributed by atoms with E-state index < -0.39 is 50.2 Å². The third-order valence-corrected chi connectivity index (χ3v) is 4.07. The van der Waals surface area contributed by atoms with Gasteiger partial charge in [0.1, 0.15) is 18.3 Å². The molecule has 0 bridgehead atoms. The predicted octanol–water partition coefficient (Wildman–Crippen LogP) is -2.08. The molecule has 124 valence electrons. The molecular weight excluding hydrogens is 323 g/mol. The quantitative estimate of drug-likeness (QED) is 0.442. The third kappa shape index (κ3) is 3.36. The van der Waals surface area contributed by atoms with Gasteiger partial charge in [-0.1, -0.05) is 0 Å². The van der Waals surface area contributed by atoms with Gasteiger partial charge < -0.3 is 19.8 Å². The molecule has 0 radical (unpaired) electrons. The maximum atomic E-state index is 11.7. The number of aromatic nitrogens is 2. The van der Waals surface area contributed by atoms with Crippen molar-refractivity contribution in [1.82, 2.24) is 9.55 Å². The van der Waals surface area contributed by atoms with Crippen LogP contribution < -0.4 is 11.2 Å². The van der Waals surface area contributed by atoms with E-state index in [4.69, 9.17) is 9.26 Å². The van der Waals surface area contributed by atoms with Crippen LogP contribution in [-0.4, -0.2) is 56.7 Å². The summed E-state index contributed by atoms with van der Waals surface area (Å²) in [5, 5.41) is 19.4. The monoisotopic (exact) mass is 338 g/mol. The van der Waals surface area contributed by atoms with E-state index in [0.717, 1.165) is 23.9 Å². The molecule has 1 aliphatic rings. The smallest absolute Gasteiger partial charge is 0.394 e. The number of hydrogen-bond acceptors (Lipinski definition) is 8. The molecule has 4 N–H and O–H groups in total. The summed E-state index contributed by atoms with van der Waals surface area (Å²) in [6.45, 7) is -0.639. The molecule has 0 spiro atoms. The van der Waals surface area contributed by atoms with Crippen LogP contribution in [0.2, 0.25) is 0 Å². The van der Waals surface area contributed by atoms with Crippen molar-refractivity contribution in [2.75, 3.05) is 13.7 Å². The van der Waals surface area contributed by atoms with Crippen molar-refractivity contribution in [2.24, 2.45) is 0 Å². The molecule has 0 amide bonds. The number of hydrogen-bond donors (Lipinski definition) is 4. The SMILES string of the molecule is COP(=O)(O)O[C@H]1[C@@H](O)[C@H](n2ccc(=O)[nH]c2=O)O[C@@H]1CO. The highest BCUT2D eigenvalue weighted by Crippen LogP contribution is 2.47. The van der Waals surface area contributed by atoms with Crippen LogP contribution in [0, 0.1) is 0 Å². The summed E-state index contributed by atoms with van der Waals surface area (Å²) in [7, 11) is -3.51. The standard InChI is InChI=1S/C10H15N2O9P/c1-19-22(17,18)21-8-5(4-13)20-9(7(8)15)12-3-2-6(14)11-10(12)16/h2-3,5,7-9,13,15H,4H2,1H3,(H,17,18)(H,11,14,16)/t5-,7-,8-,9-/m1/s1. The van der Waals surface area contributed by atoms with Crippen LogP contribution in [0.15, 0.2) is 21.9 Å². The zero-order valence-corrected chi connectivity index (χ0v) is 12.3. The number of ether oxygens (including phenoxy) is 1. The Morgan fingerprint density at radius 2 is 2.18 bits per heavy atom. The first-order chi connectivity index (χ1) is 10.3. The fourth-order valence-corrected chi connectivity index (χ4v) is 2.71. The molecule has 1 unspecified atom stereocenters. The van der Waals surface area contributed by atoms with Gasteiger partial charge in [0.15, 0.2) is 6.23 Å². The van der Waals surface area contributed by atoms with Gasteiger partial charge >= 0.3 is 13.5 Å². The van der Waals surface area contributed by atoms with Crippen LogP contribution in [0.3, 0.4) is 0 Å². The Hall–Kier alpha value is -1.33. The first kappa shape index (κ1) is 17.0. The minimum absolute atomic E-state index is 0.639. The Kier molecular flexibility index (Phi) is 4.97. The molecule has 11 nitrogen and oxygen atoms in total. The van der Waals surface area contributed by atoms with Gasteiger partial charge in [-0.25, -0.2) is 9.36 Å². The molecule has 1 saturated heterocycles. The van der Waals surface area contributed by atoms with Crippen molar-refractivity contribution in [3.05, 3.63) is 33.1 Å². The first-order valence-electron chi connectivity index (χ1n) is 6.12. The van der Waals surface area contributed by atoms with E-state index in [1.807, 2.05) is 4.98 Å². The Labute approximate surface area is 123 Å². The predicted molar refractivity (Wildman–Crippen MR) is 70.0 cm³/mol. The van der Waals surface area contributed by atoms with Crippen LogP contribution in [0.1, 0.15) is 6.23 Å². The number of aliphatic hydroxyl groups is 2. The fourth-order valence-electron chi connectivity index (χ4n) is 2.05. The van der Waals surface area contributed by atoms with E-state index in [9.17, 15) is 29.3 Å². The molecule has 12 heteroatoms. The van der Waals surface area contributed by atoms with Crippen molar-refractivity contribution < 1.29 is 33.5 Å². The van der Waals surface area contributed by atoms with Gasteiger partial charge in [-0.3, -0.25) is 23.4 Å². The number of phosphoric ester groups is 1. The largest absolute Gasteiger partial charge is 0.472 e. The lowest BCUT2D eigenvalue weighted by molar-refractivity contribution is -0.0549. The van der Waals surface area contributed by atoms with Gasteiger partial charge in [-0.2, -0.15) is 0 Å². The molecule has 22 heavy (non-hydrogen) atoms. The van der Waals surface area contributed by atoms with Gasteiger partial charge in [-0.15, -0.1) is 0 Å². The van der Waals surface area contributed by atoms with Crippen molar-refractivity contribution in [2.45, 2.75) is 24.5 Å². The lowest BCUT2D eigenvalue weighted by Crippen LogP contribution is -2.38. The number of H-pyrrole nitrogens is 1. The highest BCUT2D eigenvalue weighted by molar-refractivity contribution is 7.47. The Bertz CT molecular complexity index is 685. The van der Waals surface area contributed by atoms with E-state index in [1.165, 1.54) is 0 Å². The van der Waals surface area contributed by atoms with Crippen molar-refractivity contribution in [3.8, 4) is 0 Å². The Morgan fingerprint density at radius 1 is 1.50 bits per heavy atom. The third-order valence-electron chi connectivity index (χ3n) is 3.10. The van der Waals surface area contributed by atoms with Gasteiger partial charge in [0.05, 0.1) is 6.61 Å². The topological polar surface area (TPSA) is 160 Å². The van der Waals surface area contributed by atoms with Crippen LogP contribution in [0.5, 0.6) is 0 Å². The summed E-state index contributed by atoms with van der Waals surface area (Å²) in [5.74, 6) is 0. The second kappa shape index (κ2) is 6.42. The normalized spacial score (nSPS) is 31.1. The lowest BCUT2D eigenvalue weighted by Gasteiger charge is -2.21. The van der Waals surface area contributed by atoms with Gasteiger partial charge in [-0.05, 0) is 0 Å². The molecule has 2 rings (SSSR count). The van der Waals surface area contributed by atoms with Crippen molar-refractivity contribution >= 4 is 7.82 Å². The minimum atomic E-state index is -4.44. The van der Waals surface area contributed by atoms with Crippen LogP contribution in [0.4, 0.5) is 0 Å². The maximum absolute atomic E-state index is 11.7. The number of aliphatic hydroxyl groups excluding tert-OH is 2. The summed E-state index contributed by atoms with van der Waals surface area (Å²) < 4.78 is 26.6. The zero-order valence-electron chi connectivity index (χ0n) is 11.4. The second-order valence-corrected chi connectivity index (χ2v) is 5.99. The second-order valence-electron chi connectivity index (χ2n) is 4.48. The minimum Gasteiger partial charge on any atom is -0.394 e. The summed E-state index contributed by atoms with van der Waals surface area (Å²) in [5.41, 5.74) is -1.49. The number of phosphoric acid groups is 1. The van der Waals surface area contributed by atoms with E-state index in [2.05, 4.69) is 4.52 Å². The molecule has 1 aromatic heterocycles. The van der Waals surface area contributed by atoms with E-state index >= 15 is 0 Å². The summed E-state index contributed by atoms with van der Waals surface area (Å²) in [6, 6.07) is 1.03. The van der Waals surface area contributed by atoms with Gasteiger partial charge in [0, 0.05) is 19.4 Å². The number of nitrogens with zero attached hydrogens (tertiary/aromatic N) is 1. The van der Waals surface area contributed by atoms with Crippen molar-refractivity contribution in [3.63, 3.8) is 0 Å². The summed E-state index contributed by atoms with van der Waals surface area (Å²) >= 11 is 0. The molecule has 1 fully saturated rings. The molecule has 1 aliphatic heterocycles. The highest BCUT2D eigenvalue weighted by Gasteiger charge is 2.48. The highest BCUT2D eigenvalue weighted by atomic mass is 31.2. The van der Waals surface area contributed by atoms with Crippen LogP contribution in [0.25, 0.3) is 0 Å². The van der Waals surface area contributed by atoms with Crippen LogP contribution >= 0.6 is 7.82 Å². The first-order valence-corrected chi connectivity index (χ1v) is 7.61. The fraction of sp³-hybridized carbons (Fsp3) is 0.600. The molecule has 0 aliphatic carbocycles. The molecule has 0 saturated carbocycles. The summed E-state index contributed by atoms with van der Waals surface area (Å²) in [4.78, 5) is 34.0. The summed E-state index contributed by atoms with van der Waals surface area (Å²) in [6.07, 6.45) is -4.38. The Morgan fingerprint density at radius 3 is 2.73 bits per heavy atom. The van der Waals surface area contributed by atoms with Crippen LogP contribution in [-0.2, 0) is 18.3 Å². The van der Waals surface area contributed by atoms with Gasteiger partial charge in [0.25, 0.3) is 5.56 Å². The van der Waals surface area contributed by atoms with Crippen molar-refractivity contribution in [1.29, 1.82) is 0 Å². The molecule has 1 aromatic rings. The van der Waals surface area contributed by atoms with E-state index in [0.29, 0.717) is 0 Å². The average molecular weight is 338 g/mol. The Balaban J connectivity index is 2.31. The number of aromatic amines is 1. The van der Waals surface area contributed by atoms with Gasteiger partial charge in [0.2, 0.25) is 0 Å². The molecule has 0 aromatic carbocycles. The lowest BCUT2D eigenvalue weighted by atomic mass is 10.1. The maximum Gasteiger partial charge on any atom is 0.472 e.